The minimum atomic E-state index is -0.0605. The van der Waals surface area contributed by atoms with Gasteiger partial charge in [-0.15, -0.1) is 0 Å². The predicted octanol–water partition coefficient (Wildman–Crippen LogP) is 4.46. The fraction of sp³-hybridized carbons (Fsp3) is 0.0588. The number of aryl methyl sites for hydroxylation is 1. The van der Waals surface area contributed by atoms with Crippen LogP contribution in [0.3, 0.4) is 0 Å². The van der Waals surface area contributed by atoms with E-state index in [-0.39, 0.29) is 5.43 Å². The van der Waals surface area contributed by atoms with Gasteiger partial charge >= 0.3 is 0 Å². The van der Waals surface area contributed by atoms with Crippen LogP contribution in [-0.2, 0) is 0 Å². The molecule has 0 aliphatic heterocycles. The fourth-order valence-corrected chi connectivity index (χ4v) is 2.57. The molecule has 0 aliphatic rings. The van der Waals surface area contributed by atoms with Gasteiger partial charge in [0.2, 0.25) is 5.43 Å². The largest absolute Gasteiger partial charge is 0.463 e. The van der Waals surface area contributed by atoms with E-state index in [0.29, 0.717) is 16.5 Å². The lowest BCUT2D eigenvalue weighted by Gasteiger charge is -2.00. The monoisotopic (exact) mass is 389 g/mol. The molecule has 0 unspecified atom stereocenters. The zero-order valence-corrected chi connectivity index (χ0v) is 13.5. The number of nitrogens with zero attached hydrogens (tertiary/aromatic N) is 1. The second-order valence-corrected chi connectivity index (χ2v) is 5.89. The molecule has 3 rings (SSSR count). The van der Waals surface area contributed by atoms with E-state index in [1.165, 1.54) is 6.26 Å². The second kappa shape index (κ2) is 5.81. The average molecular weight is 389 g/mol. The van der Waals surface area contributed by atoms with Gasteiger partial charge in [-0.05, 0) is 53.8 Å². The summed E-state index contributed by atoms with van der Waals surface area (Å²) in [5, 5.41) is 0.585. The standard InChI is InChI=1S/C17H12INO2/c1-11-6-7-16-13(8-11)17(20)12(10-21-16)9-19-15-5-3-2-4-14(15)18/h2-10H,1H3. The van der Waals surface area contributed by atoms with E-state index >= 15 is 0 Å². The molecule has 0 fully saturated rings. The van der Waals surface area contributed by atoms with Crippen LogP contribution >= 0.6 is 22.6 Å². The predicted molar refractivity (Wildman–Crippen MR) is 93.6 cm³/mol. The van der Waals surface area contributed by atoms with Crippen molar-refractivity contribution in [3.63, 3.8) is 0 Å². The molecule has 1 heterocycles. The van der Waals surface area contributed by atoms with E-state index in [0.717, 1.165) is 14.8 Å². The van der Waals surface area contributed by atoms with Crippen molar-refractivity contribution in [3.05, 3.63) is 73.6 Å². The summed E-state index contributed by atoms with van der Waals surface area (Å²) in [7, 11) is 0. The van der Waals surface area contributed by atoms with Gasteiger partial charge in [-0.25, -0.2) is 0 Å². The van der Waals surface area contributed by atoms with Crippen molar-refractivity contribution in [2.75, 3.05) is 0 Å². The van der Waals surface area contributed by atoms with Gasteiger partial charge in [-0.2, -0.15) is 0 Å². The molecule has 0 radical (unpaired) electrons. The van der Waals surface area contributed by atoms with Gasteiger partial charge in [0.05, 0.1) is 16.6 Å². The number of benzene rings is 2. The molecule has 3 aromatic rings. The van der Waals surface area contributed by atoms with E-state index in [9.17, 15) is 4.79 Å². The lowest BCUT2D eigenvalue weighted by Crippen LogP contribution is -2.07. The number of fused-ring (bicyclic) bond motifs is 1. The normalized spacial score (nSPS) is 11.3. The van der Waals surface area contributed by atoms with Gasteiger partial charge in [-0.1, -0.05) is 23.8 Å². The highest BCUT2D eigenvalue weighted by Crippen LogP contribution is 2.20. The molecule has 0 saturated heterocycles. The molecule has 0 bridgehead atoms. The zero-order chi connectivity index (χ0) is 14.8. The van der Waals surface area contributed by atoms with Crippen LogP contribution in [0.4, 0.5) is 5.69 Å². The maximum absolute atomic E-state index is 12.4. The van der Waals surface area contributed by atoms with Crippen LogP contribution in [0.2, 0.25) is 0 Å². The van der Waals surface area contributed by atoms with Crippen LogP contribution in [0.25, 0.3) is 11.0 Å². The van der Waals surface area contributed by atoms with Gasteiger partial charge in [0.15, 0.2) is 0 Å². The molecular weight excluding hydrogens is 377 g/mol. The number of hydrogen-bond donors (Lipinski definition) is 0. The van der Waals surface area contributed by atoms with Crippen LogP contribution in [0.5, 0.6) is 0 Å². The van der Waals surface area contributed by atoms with Gasteiger partial charge < -0.3 is 4.42 Å². The Kier molecular flexibility index (Phi) is 3.88. The highest BCUT2D eigenvalue weighted by Gasteiger charge is 2.05. The molecule has 3 nitrogen and oxygen atoms in total. The third kappa shape index (κ3) is 2.90. The first-order chi connectivity index (χ1) is 10.1. The van der Waals surface area contributed by atoms with Crippen molar-refractivity contribution in [2.45, 2.75) is 6.92 Å². The molecule has 0 amide bonds. The summed E-state index contributed by atoms with van der Waals surface area (Å²) in [6.07, 6.45) is 3.02. The van der Waals surface area contributed by atoms with E-state index in [2.05, 4.69) is 27.6 Å². The zero-order valence-electron chi connectivity index (χ0n) is 11.3. The maximum atomic E-state index is 12.4. The Morgan fingerprint density at radius 1 is 1.19 bits per heavy atom. The van der Waals surface area contributed by atoms with Gasteiger partial charge in [0, 0.05) is 9.78 Å². The highest BCUT2D eigenvalue weighted by molar-refractivity contribution is 14.1. The van der Waals surface area contributed by atoms with Gasteiger partial charge in [-0.3, -0.25) is 9.79 Å². The summed E-state index contributed by atoms with van der Waals surface area (Å²) in [4.78, 5) is 16.8. The molecule has 0 atom stereocenters. The fourth-order valence-electron chi connectivity index (χ4n) is 2.04. The van der Waals surface area contributed by atoms with Crippen LogP contribution in [-0.4, -0.2) is 6.21 Å². The maximum Gasteiger partial charge on any atom is 0.201 e. The Balaban J connectivity index is 2.08. The summed E-state index contributed by atoms with van der Waals surface area (Å²) in [5.74, 6) is 0. The van der Waals surface area contributed by atoms with E-state index in [4.69, 9.17) is 4.42 Å². The van der Waals surface area contributed by atoms with Crippen molar-refractivity contribution in [3.8, 4) is 0 Å². The minimum Gasteiger partial charge on any atom is -0.463 e. The Labute approximate surface area is 135 Å². The van der Waals surface area contributed by atoms with Crippen LogP contribution in [0, 0.1) is 10.5 Å². The lowest BCUT2D eigenvalue weighted by atomic mass is 10.1. The summed E-state index contributed by atoms with van der Waals surface area (Å²) < 4.78 is 6.54. The smallest absolute Gasteiger partial charge is 0.201 e. The Hall–Kier alpha value is -1.95. The van der Waals surface area contributed by atoms with Crippen LogP contribution in [0.1, 0.15) is 11.1 Å². The number of para-hydroxylation sites is 1. The van der Waals surface area contributed by atoms with Crippen molar-refractivity contribution < 1.29 is 4.42 Å². The molecule has 0 spiro atoms. The molecule has 21 heavy (non-hydrogen) atoms. The molecule has 2 aromatic carbocycles. The Morgan fingerprint density at radius 3 is 2.81 bits per heavy atom. The van der Waals surface area contributed by atoms with Gasteiger partial charge in [0.1, 0.15) is 11.8 Å². The second-order valence-electron chi connectivity index (χ2n) is 4.73. The van der Waals surface area contributed by atoms with E-state index in [1.807, 2.05) is 49.4 Å². The lowest BCUT2D eigenvalue weighted by molar-refractivity contribution is 0.601. The molecule has 104 valence electrons. The number of rotatable bonds is 2. The van der Waals surface area contributed by atoms with E-state index < -0.39 is 0 Å². The third-order valence-corrected chi connectivity index (χ3v) is 4.06. The first kappa shape index (κ1) is 14.0. The third-order valence-electron chi connectivity index (χ3n) is 3.15. The quantitative estimate of drug-likeness (QED) is 0.480. The van der Waals surface area contributed by atoms with Crippen LogP contribution < -0.4 is 5.43 Å². The molecule has 4 heteroatoms. The molecule has 0 aliphatic carbocycles. The van der Waals surface area contributed by atoms with Crippen molar-refractivity contribution in [1.82, 2.24) is 0 Å². The summed E-state index contributed by atoms with van der Waals surface area (Å²) in [6.45, 7) is 1.95. The molecule has 0 N–H and O–H groups in total. The number of aliphatic imine (C=N–C) groups is 1. The topological polar surface area (TPSA) is 42.6 Å². The molecular formula is C17H12INO2. The SMILES string of the molecule is Cc1ccc2occ(C=Nc3ccccc3I)c(=O)c2c1. The first-order valence-electron chi connectivity index (χ1n) is 6.46. The summed E-state index contributed by atoms with van der Waals surface area (Å²) >= 11 is 2.21. The van der Waals surface area contributed by atoms with Crippen LogP contribution in [0.15, 0.2) is 62.9 Å². The minimum absolute atomic E-state index is 0.0605. The molecule has 1 aromatic heterocycles. The Morgan fingerprint density at radius 2 is 2.00 bits per heavy atom. The van der Waals surface area contributed by atoms with Crippen molar-refractivity contribution >= 4 is 45.5 Å². The van der Waals surface area contributed by atoms with Crippen molar-refractivity contribution in [2.24, 2.45) is 4.99 Å². The molecule has 0 saturated carbocycles. The Bertz CT molecular complexity index is 897. The number of halogens is 1. The summed E-state index contributed by atoms with van der Waals surface area (Å²) in [6, 6.07) is 13.3. The summed E-state index contributed by atoms with van der Waals surface area (Å²) in [5.41, 5.74) is 2.85. The highest BCUT2D eigenvalue weighted by atomic mass is 127. The number of hydrogen-bond acceptors (Lipinski definition) is 3. The van der Waals surface area contributed by atoms with Crippen molar-refractivity contribution in [1.29, 1.82) is 0 Å². The first-order valence-corrected chi connectivity index (χ1v) is 7.54. The van der Waals surface area contributed by atoms with E-state index in [1.54, 1.807) is 6.21 Å². The average Bonchev–Trinajstić information content (AvgIpc) is 2.49. The van der Waals surface area contributed by atoms with Gasteiger partial charge in [0.25, 0.3) is 0 Å².